The van der Waals surface area contributed by atoms with E-state index in [0.29, 0.717) is 18.1 Å². The highest BCUT2D eigenvalue weighted by Gasteiger charge is 2.05. The Hall–Kier alpha value is -1.69. The highest BCUT2D eigenvalue weighted by atomic mass is 16.5. The Balaban J connectivity index is 2.68. The van der Waals surface area contributed by atoms with Crippen LogP contribution in [0.25, 0.3) is 5.65 Å². The van der Waals surface area contributed by atoms with Gasteiger partial charge in [0.1, 0.15) is 5.82 Å². The van der Waals surface area contributed by atoms with E-state index in [1.165, 1.54) is 4.40 Å². The van der Waals surface area contributed by atoms with E-state index >= 15 is 0 Å². The number of hydrogen-bond acceptors (Lipinski definition) is 4. The molecule has 14 heavy (non-hydrogen) atoms. The minimum Gasteiger partial charge on any atom is -0.378 e. The molecule has 0 atom stereocenters. The maximum Gasteiger partial charge on any atom is 0.349 e. The molecule has 2 aromatic rings. The fourth-order valence-electron chi connectivity index (χ4n) is 1.38. The van der Waals surface area contributed by atoms with Crippen LogP contribution in [0.4, 0.5) is 0 Å². The SMILES string of the molecule is COCc1cc2n[nH]c(=O)n2c(C)n1. The van der Waals surface area contributed by atoms with Gasteiger partial charge in [0.15, 0.2) is 5.65 Å². The summed E-state index contributed by atoms with van der Waals surface area (Å²) in [5.74, 6) is 0.605. The molecule has 0 aromatic carbocycles. The fraction of sp³-hybridized carbons (Fsp3) is 0.375. The minimum atomic E-state index is -0.269. The van der Waals surface area contributed by atoms with Crippen LogP contribution in [0.15, 0.2) is 10.9 Å². The first-order valence-electron chi connectivity index (χ1n) is 4.15. The number of fused-ring (bicyclic) bond motifs is 1. The summed E-state index contributed by atoms with van der Waals surface area (Å²) in [5.41, 5.74) is 1.06. The van der Waals surface area contributed by atoms with Crippen molar-refractivity contribution in [3.05, 3.63) is 28.1 Å². The molecule has 0 radical (unpaired) electrons. The van der Waals surface area contributed by atoms with Crippen LogP contribution < -0.4 is 5.69 Å². The third-order valence-corrected chi connectivity index (χ3v) is 1.92. The van der Waals surface area contributed by atoms with Gasteiger partial charge in [0.05, 0.1) is 12.3 Å². The van der Waals surface area contributed by atoms with Gasteiger partial charge in [0.2, 0.25) is 0 Å². The minimum absolute atomic E-state index is 0.269. The van der Waals surface area contributed by atoms with Crippen LogP contribution in [0, 0.1) is 6.92 Å². The van der Waals surface area contributed by atoms with Gasteiger partial charge in [-0.15, -0.1) is 0 Å². The summed E-state index contributed by atoms with van der Waals surface area (Å²) in [6.45, 7) is 2.17. The van der Waals surface area contributed by atoms with Crippen molar-refractivity contribution < 1.29 is 4.74 Å². The number of nitrogens with one attached hydrogen (secondary N) is 1. The van der Waals surface area contributed by atoms with Crippen molar-refractivity contribution in [3.63, 3.8) is 0 Å². The summed E-state index contributed by atoms with van der Waals surface area (Å²) in [6.07, 6.45) is 0. The Morgan fingerprint density at radius 1 is 1.64 bits per heavy atom. The van der Waals surface area contributed by atoms with Crippen molar-refractivity contribution >= 4 is 5.65 Å². The van der Waals surface area contributed by atoms with Crippen LogP contribution in [0.2, 0.25) is 0 Å². The van der Waals surface area contributed by atoms with Crippen LogP contribution in [-0.2, 0) is 11.3 Å². The second kappa shape index (κ2) is 3.22. The Labute approximate surface area is 79.5 Å². The first kappa shape index (κ1) is 8.89. The van der Waals surface area contributed by atoms with E-state index in [4.69, 9.17) is 4.74 Å². The zero-order chi connectivity index (χ0) is 10.1. The Kier molecular flexibility index (Phi) is 2.05. The second-order valence-electron chi connectivity index (χ2n) is 2.95. The van der Waals surface area contributed by atoms with Gasteiger partial charge in [-0.1, -0.05) is 0 Å². The van der Waals surface area contributed by atoms with Gasteiger partial charge in [-0.3, -0.25) is 0 Å². The average Bonchev–Trinajstić information content (AvgIpc) is 2.48. The van der Waals surface area contributed by atoms with E-state index in [0.717, 1.165) is 5.69 Å². The number of aromatic amines is 1. The van der Waals surface area contributed by atoms with E-state index in [-0.39, 0.29) is 5.69 Å². The summed E-state index contributed by atoms with van der Waals surface area (Å²) < 4.78 is 6.37. The summed E-state index contributed by atoms with van der Waals surface area (Å²) in [4.78, 5) is 15.4. The van der Waals surface area contributed by atoms with Crippen molar-refractivity contribution in [2.45, 2.75) is 13.5 Å². The molecular weight excluding hydrogens is 184 g/mol. The molecule has 0 bridgehead atoms. The molecular formula is C8H10N4O2. The van der Waals surface area contributed by atoms with Gasteiger partial charge in [-0.05, 0) is 6.92 Å². The summed E-state index contributed by atoms with van der Waals surface area (Å²) in [7, 11) is 1.60. The van der Waals surface area contributed by atoms with E-state index < -0.39 is 0 Å². The second-order valence-corrected chi connectivity index (χ2v) is 2.95. The standard InChI is InChI=1S/C8H10N4O2/c1-5-9-6(4-14-2)3-7-10-11-8(13)12(5)7/h3H,4H2,1-2H3,(H,11,13). The fourth-order valence-corrected chi connectivity index (χ4v) is 1.38. The van der Waals surface area contributed by atoms with Crippen LogP contribution in [0.3, 0.4) is 0 Å². The third-order valence-electron chi connectivity index (χ3n) is 1.92. The third kappa shape index (κ3) is 1.29. The van der Waals surface area contributed by atoms with Crippen molar-refractivity contribution in [1.29, 1.82) is 0 Å². The van der Waals surface area contributed by atoms with Gasteiger partial charge in [-0.2, -0.15) is 5.10 Å². The lowest BCUT2D eigenvalue weighted by Crippen LogP contribution is -2.13. The monoisotopic (exact) mass is 194 g/mol. The van der Waals surface area contributed by atoms with E-state index in [2.05, 4.69) is 15.2 Å². The number of aryl methyl sites for hydroxylation is 1. The Bertz CT molecular complexity index is 514. The topological polar surface area (TPSA) is 72.3 Å². The van der Waals surface area contributed by atoms with E-state index in [1.54, 1.807) is 20.1 Å². The lowest BCUT2D eigenvalue weighted by molar-refractivity contribution is 0.181. The van der Waals surface area contributed by atoms with Crippen molar-refractivity contribution in [1.82, 2.24) is 19.6 Å². The molecule has 1 N–H and O–H groups in total. The van der Waals surface area contributed by atoms with Gasteiger partial charge in [0, 0.05) is 13.2 Å². The summed E-state index contributed by atoms with van der Waals surface area (Å²) in [6, 6.07) is 1.72. The highest BCUT2D eigenvalue weighted by molar-refractivity contribution is 5.38. The van der Waals surface area contributed by atoms with Crippen molar-refractivity contribution in [3.8, 4) is 0 Å². The normalized spacial score (nSPS) is 11.0. The van der Waals surface area contributed by atoms with Gasteiger partial charge in [-0.25, -0.2) is 19.3 Å². The maximum absolute atomic E-state index is 11.2. The Morgan fingerprint density at radius 2 is 2.43 bits per heavy atom. The predicted molar refractivity (Wildman–Crippen MR) is 49.1 cm³/mol. The zero-order valence-electron chi connectivity index (χ0n) is 7.94. The quantitative estimate of drug-likeness (QED) is 0.723. The van der Waals surface area contributed by atoms with Crippen LogP contribution >= 0.6 is 0 Å². The molecule has 0 amide bonds. The Morgan fingerprint density at radius 3 is 3.14 bits per heavy atom. The highest BCUT2D eigenvalue weighted by Crippen LogP contribution is 2.03. The number of nitrogens with zero attached hydrogens (tertiary/aromatic N) is 3. The van der Waals surface area contributed by atoms with E-state index in [1.807, 2.05) is 0 Å². The molecule has 0 saturated heterocycles. The summed E-state index contributed by atoms with van der Waals surface area (Å²) in [5, 5.41) is 6.22. The lowest BCUT2D eigenvalue weighted by Gasteiger charge is -2.01. The van der Waals surface area contributed by atoms with Crippen molar-refractivity contribution in [2.75, 3.05) is 7.11 Å². The number of H-pyrrole nitrogens is 1. The van der Waals surface area contributed by atoms with E-state index in [9.17, 15) is 4.79 Å². The van der Waals surface area contributed by atoms with Crippen LogP contribution in [0.5, 0.6) is 0 Å². The zero-order valence-corrected chi connectivity index (χ0v) is 7.94. The molecule has 0 aliphatic rings. The molecule has 0 aliphatic heterocycles. The summed E-state index contributed by atoms with van der Waals surface area (Å²) >= 11 is 0. The molecule has 0 spiro atoms. The molecule has 0 fully saturated rings. The van der Waals surface area contributed by atoms with Crippen molar-refractivity contribution in [2.24, 2.45) is 0 Å². The molecule has 0 unspecified atom stereocenters. The largest absolute Gasteiger partial charge is 0.378 e. The molecule has 2 heterocycles. The number of hydrogen-bond donors (Lipinski definition) is 1. The number of rotatable bonds is 2. The average molecular weight is 194 g/mol. The first-order valence-corrected chi connectivity index (χ1v) is 4.15. The first-order chi connectivity index (χ1) is 6.72. The van der Waals surface area contributed by atoms with Crippen LogP contribution in [-0.4, -0.2) is 26.7 Å². The van der Waals surface area contributed by atoms with Gasteiger partial charge >= 0.3 is 5.69 Å². The van der Waals surface area contributed by atoms with Crippen LogP contribution in [0.1, 0.15) is 11.5 Å². The lowest BCUT2D eigenvalue weighted by atomic mass is 10.4. The smallest absolute Gasteiger partial charge is 0.349 e. The molecule has 2 rings (SSSR count). The van der Waals surface area contributed by atoms with Gasteiger partial charge < -0.3 is 4.74 Å². The predicted octanol–water partition coefficient (Wildman–Crippen LogP) is -0.128. The molecule has 2 aromatic heterocycles. The molecule has 74 valence electrons. The number of aromatic nitrogens is 4. The number of ether oxygens (including phenoxy) is 1. The van der Waals surface area contributed by atoms with Gasteiger partial charge in [0.25, 0.3) is 0 Å². The molecule has 6 heteroatoms. The maximum atomic E-state index is 11.2. The number of methoxy groups -OCH3 is 1. The molecule has 0 aliphatic carbocycles. The molecule has 0 saturated carbocycles. The molecule has 6 nitrogen and oxygen atoms in total.